The Morgan fingerprint density at radius 3 is 2.52 bits per heavy atom. The molecule has 8 heteroatoms. The Bertz CT molecular complexity index is 739. The van der Waals surface area contributed by atoms with Crippen molar-refractivity contribution < 1.29 is 22.7 Å². The Balaban J connectivity index is 1.87. The van der Waals surface area contributed by atoms with E-state index >= 15 is 0 Å². The van der Waals surface area contributed by atoms with Gasteiger partial charge in [0.2, 0.25) is 10.0 Å². The van der Waals surface area contributed by atoms with Crippen molar-refractivity contribution in [2.45, 2.75) is 30.7 Å². The number of sulfonamides is 1. The molecule has 1 fully saturated rings. The normalized spacial score (nSPS) is 15.2. The molecule has 1 saturated carbocycles. The fourth-order valence-electron chi connectivity index (χ4n) is 2.25. The number of amides is 1. The van der Waals surface area contributed by atoms with Crippen LogP contribution in [0.4, 0.5) is 0 Å². The lowest BCUT2D eigenvalue weighted by Gasteiger charge is -2.12. The maximum absolute atomic E-state index is 11.9. The highest BCUT2D eigenvalue weighted by atomic mass is 32.2. The van der Waals surface area contributed by atoms with Crippen LogP contribution in [0.2, 0.25) is 0 Å². The van der Waals surface area contributed by atoms with Gasteiger partial charge in [-0.25, -0.2) is 17.9 Å². The summed E-state index contributed by atoms with van der Waals surface area (Å²) < 4.78 is 31.1. The Hall–Kier alpha value is -2.19. The molecule has 136 valence electrons. The lowest BCUT2D eigenvalue weighted by molar-refractivity contribution is -0.124. The second-order valence-corrected chi connectivity index (χ2v) is 7.70. The predicted molar refractivity (Wildman–Crippen MR) is 92.4 cm³/mol. The average Bonchev–Trinajstić information content (AvgIpc) is 3.43. The summed E-state index contributed by atoms with van der Waals surface area (Å²) >= 11 is 0. The van der Waals surface area contributed by atoms with E-state index in [1.807, 2.05) is 6.92 Å². The van der Waals surface area contributed by atoms with Crippen LogP contribution in [0.25, 0.3) is 0 Å². The number of benzene rings is 1. The fourth-order valence-corrected chi connectivity index (χ4v) is 3.24. The third kappa shape index (κ3) is 5.68. The van der Waals surface area contributed by atoms with Gasteiger partial charge in [0, 0.05) is 12.6 Å². The zero-order chi connectivity index (χ0) is 18.4. The quantitative estimate of drug-likeness (QED) is 0.505. The zero-order valence-corrected chi connectivity index (χ0v) is 14.8. The van der Waals surface area contributed by atoms with Crippen molar-refractivity contribution in [2.75, 3.05) is 13.2 Å². The van der Waals surface area contributed by atoms with Crippen molar-refractivity contribution in [1.29, 1.82) is 0 Å². The van der Waals surface area contributed by atoms with Gasteiger partial charge in [-0.2, -0.15) is 0 Å². The van der Waals surface area contributed by atoms with Crippen molar-refractivity contribution in [1.82, 2.24) is 10.0 Å². The van der Waals surface area contributed by atoms with Crippen LogP contribution in [0.1, 0.15) is 30.1 Å². The summed E-state index contributed by atoms with van der Waals surface area (Å²) in [4.78, 5) is 23.7. The van der Waals surface area contributed by atoms with Gasteiger partial charge >= 0.3 is 5.97 Å². The molecule has 0 saturated heterocycles. The van der Waals surface area contributed by atoms with Crippen molar-refractivity contribution in [2.24, 2.45) is 5.92 Å². The molecule has 7 nitrogen and oxygen atoms in total. The minimum atomic E-state index is -3.64. The van der Waals surface area contributed by atoms with Crippen LogP contribution in [-0.4, -0.2) is 39.5 Å². The Labute approximate surface area is 147 Å². The van der Waals surface area contributed by atoms with Crippen LogP contribution in [0.3, 0.4) is 0 Å². The molecule has 1 aliphatic rings. The van der Waals surface area contributed by atoms with E-state index in [1.54, 1.807) is 0 Å². The molecule has 1 atom stereocenters. The monoisotopic (exact) mass is 366 g/mol. The van der Waals surface area contributed by atoms with E-state index in [-0.39, 0.29) is 35.6 Å². The van der Waals surface area contributed by atoms with Gasteiger partial charge in [0.1, 0.15) is 0 Å². The molecule has 0 radical (unpaired) electrons. The molecule has 1 aromatic rings. The highest BCUT2D eigenvalue weighted by Crippen LogP contribution is 2.32. The van der Waals surface area contributed by atoms with Gasteiger partial charge in [0.05, 0.1) is 10.5 Å². The lowest BCUT2D eigenvalue weighted by Crippen LogP contribution is -2.37. The number of rotatable bonds is 9. The second kappa shape index (κ2) is 8.26. The summed E-state index contributed by atoms with van der Waals surface area (Å²) in [5.74, 6) is -0.512. The lowest BCUT2D eigenvalue weighted by atomic mass is 10.2. The van der Waals surface area contributed by atoms with Gasteiger partial charge < -0.3 is 10.1 Å². The van der Waals surface area contributed by atoms with Crippen LogP contribution >= 0.6 is 0 Å². The Kier molecular flexibility index (Phi) is 6.33. The molecule has 0 aromatic heterocycles. The fraction of sp³-hybridized carbons (Fsp3) is 0.412. The third-order valence-corrected chi connectivity index (χ3v) is 5.31. The molecule has 0 aliphatic heterocycles. The molecular weight excluding hydrogens is 344 g/mol. The van der Waals surface area contributed by atoms with Gasteiger partial charge in [-0.1, -0.05) is 6.08 Å². The van der Waals surface area contributed by atoms with Crippen LogP contribution in [0.15, 0.2) is 41.8 Å². The van der Waals surface area contributed by atoms with Gasteiger partial charge in [-0.15, -0.1) is 6.58 Å². The molecule has 2 N–H and O–H groups in total. The summed E-state index contributed by atoms with van der Waals surface area (Å²) in [6, 6.07) is 5.37. The van der Waals surface area contributed by atoms with E-state index in [0.717, 1.165) is 12.8 Å². The average molecular weight is 366 g/mol. The first-order chi connectivity index (χ1) is 11.8. The topological polar surface area (TPSA) is 102 Å². The number of esters is 1. The highest BCUT2D eigenvalue weighted by Gasteiger charge is 2.29. The second-order valence-electron chi connectivity index (χ2n) is 5.93. The number of hydrogen-bond acceptors (Lipinski definition) is 5. The van der Waals surface area contributed by atoms with E-state index in [4.69, 9.17) is 4.74 Å². The first-order valence-electron chi connectivity index (χ1n) is 8.00. The number of nitrogens with one attached hydrogen (secondary N) is 2. The minimum absolute atomic E-state index is 0.0295. The number of hydrogen-bond donors (Lipinski definition) is 2. The first-order valence-corrected chi connectivity index (χ1v) is 9.49. The van der Waals surface area contributed by atoms with Gasteiger partial charge in [0.25, 0.3) is 5.91 Å². The third-order valence-electron chi connectivity index (χ3n) is 3.87. The first kappa shape index (κ1) is 19.1. The molecule has 25 heavy (non-hydrogen) atoms. The Morgan fingerprint density at radius 2 is 1.96 bits per heavy atom. The molecule has 0 bridgehead atoms. The van der Waals surface area contributed by atoms with Crippen LogP contribution < -0.4 is 10.0 Å². The van der Waals surface area contributed by atoms with E-state index in [2.05, 4.69) is 16.6 Å². The summed E-state index contributed by atoms with van der Waals surface area (Å²) in [5.41, 5.74) is 0.172. The summed E-state index contributed by atoms with van der Waals surface area (Å²) in [6.45, 7) is 5.11. The molecule has 0 heterocycles. The van der Waals surface area contributed by atoms with E-state index in [0.29, 0.717) is 5.92 Å². The van der Waals surface area contributed by atoms with Crippen molar-refractivity contribution in [3.63, 3.8) is 0 Å². The molecular formula is C17H22N2O5S. The van der Waals surface area contributed by atoms with E-state index in [9.17, 15) is 18.0 Å². The van der Waals surface area contributed by atoms with Crippen LogP contribution in [-0.2, 0) is 19.6 Å². The molecule has 0 spiro atoms. The van der Waals surface area contributed by atoms with Crippen LogP contribution in [0, 0.1) is 5.92 Å². The van der Waals surface area contributed by atoms with Gasteiger partial charge in [-0.05, 0) is 49.9 Å². The largest absolute Gasteiger partial charge is 0.452 e. The highest BCUT2D eigenvalue weighted by molar-refractivity contribution is 7.89. The summed E-state index contributed by atoms with van der Waals surface area (Å²) in [7, 11) is -3.64. The summed E-state index contributed by atoms with van der Waals surface area (Å²) in [6.07, 6.45) is 3.65. The molecule has 0 unspecified atom stereocenters. The number of carbonyl (C=O) groups excluding carboxylic acids is 2. The molecule has 2 rings (SSSR count). The predicted octanol–water partition coefficient (Wildman–Crippen LogP) is 1.22. The standard InChI is InChI=1S/C17H22N2O5S/c1-3-10-18-25(22,23)15-8-6-14(7-9-15)17(21)24-11-16(20)19-12(2)13-4-5-13/h3,6-9,12-13,18H,1,4-5,10-11H2,2H3,(H,19,20)/t12-/m1/s1. The van der Waals surface area contributed by atoms with E-state index in [1.165, 1.54) is 30.3 Å². The number of ether oxygens (including phenoxy) is 1. The van der Waals surface area contributed by atoms with E-state index < -0.39 is 16.0 Å². The maximum atomic E-state index is 11.9. The van der Waals surface area contributed by atoms with Crippen molar-refractivity contribution in [3.05, 3.63) is 42.5 Å². The van der Waals surface area contributed by atoms with Gasteiger partial charge in [-0.3, -0.25) is 4.79 Å². The molecule has 1 aromatic carbocycles. The summed E-state index contributed by atoms with van der Waals surface area (Å²) in [5, 5.41) is 2.79. The molecule has 1 aliphatic carbocycles. The zero-order valence-electron chi connectivity index (χ0n) is 14.0. The van der Waals surface area contributed by atoms with Gasteiger partial charge in [0.15, 0.2) is 6.61 Å². The van der Waals surface area contributed by atoms with Crippen LogP contribution in [0.5, 0.6) is 0 Å². The maximum Gasteiger partial charge on any atom is 0.338 e. The molecule has 1 amide bonds. The minimum Gasteiger partial charge on any atom is -0.452 e. The smallest absolute Gasteiger partial charge is 0.338 e. The van der Waals surface area contributed by atoms with Crippen molar-refractivity contribution in [3.8, 4) is 0 Å². The number of carbonyl (C=O) groups is 2. The van der Waals surface area contributed by atoms with Crippen molar-refractivity contribution >= 4 is 21.9 Å². The SMILES string of the molecule is C=CCNS(=O)(=O)c1ccc(C(=O)OCC(=O)N[C@H](C)C2CC2)cc1. The Morgan fingerprint density at radius 1 is 1.32 bits per heavy atom.